The van der Waals surface area contributed by atoms with E-state index in [0.717, 1.165) is 6.92 Å². The summed E-state index contributed by atoms with van der Waals surface area (Å²) >= 11 is 0. The summed E-state index contributed by atoms with van der Waals surface area (Å²) < 4.78 is 13.4. The number of hydrogen-bond acceptors (Lipinski definition) is 4. The second kappa shape index (κ2) is 3.89. The van der Waals surface area contributed by atoms with Gasteiger partial charge in [0.25, 0.3) is 5.56 Å². The van der Waals surface area contributed by atoms with Crippen LogP contribution in [0.5, 0.6) is 0 Å². The number of aromatic amines is 1. The Morgan fingerprint density at radius 1 is 1.62 bits per heavy atom. The first-order chi connectivity index (χ1) is 7.24. The van der Waals surface area contributed by atoms with Gasteiger partial charge in [-0.3, -0.25) is 14.3 Å². The highest BCUT2D eigenvalue weighted by atomic mass is 19.1. The van der Waals surface area contributed by atoms with Gasteiger partial charge in [-0.15, -0.1) is 0 Å². The molecule has 0 radical (unpaired) electrons. The Labute approximate surface area is 87.8 Å². The lowest BCUT2D eigenvalue weighted by Gasteiger charge is -2.18. The molecule has 0 spiro atoms. The lowest BCUT2D eigenvalue weighted by atomic mass is 10.1. The molecule has 7 nitrogen and oxygen atoms in total. The van der Waals surface area contributed by atoms with Crippen LogP contribution >= 0.6 is 0 Å². The molecule has 0 saturated heterocycles. The zero-order valence-electron chi connectivity index (χ0n) is 8.23. The predicted molar refractivity (Wildman–Crippen MR) is 49.5 cm³/mol. The van der Waals surface area contributed by atoms with Gasteiger partial charge in [-0.1, -0.05) is 0 Å². The molecule has 3 N–H and O–H groups in total. The minimum absolute atomic E-state index is 0.540. The molecule has 1 aromatic heterocycles. The monoisotopic (exact) mass is 232 g/mol. The molecular formula is C8H9FN2O5. The maximum absolute atomic E-state index is 12.8. The van der Waals surface area contributed by atoms with Gasteiger partial charge in [0, 0.05) is 0 Å². The molecule has 1 rings (SSSR count). The van der Waals surface area contributed by atoms with Crippen LogP contribution in [0.4, 0.5) is 4.39 Å². The van der Waals surface area contributed by atoms with Crippen molar-refractivity contribution in [2.75, 3.05) is 0 Å². The highest BCUT2D eigenvalue weighted by Crippen LogP contribution is 2.05. The van der Waals surface area contributed by atoms with Crippen LogP contribution in [-0.4, -0.2) is 31.3 Å². The van der Waals surface area contributed by atoms with Crippen molar-refractivity contribution in [1.82, 2.24) is 9.55 Å². The number of aromatic nitrogens is 2. The maximum Gasteiger partial charge on any atom is 0.337 e. The number of carbonyl (C=O) groups is 1. The van der Waals surface area contributed by atoms with E-state index in [1.807, 2.05) is 0 Å². The number of nitrogens with one attached hydrogen (secondary N) is 1. The van der Waals surface area contributed by atoms with Crippen molar-refractivity contribution in [3.8, 4) is 0 Å². The second-order valence-corrected chi connectivity index (χ2v) is 3.44. The fourth-order valence-corrected chi connectivity index (χ4v) is 0.999. The zero-order chi connectivity index (χ0) is 12.5. The van der Waals surface area contributed by atoms with Crippen molar-refractivity contribution in [1.29, 1.82) is 0 Å². The molecule has 1 heterocycles. The largest absolute Gasteiger partial charge is 0.479 e. The molecule has 16 heavy (non-hydrogen) atoms. The fraction of sp³-hybridized carbons (Fsp3) is 0.375. The number of aliphatic carboxylic acids is 1. The van der Waals surface area contributed by atoms with Crippen LogP contribution in [0, 0.1) is 5.82 Å². The average molecular weight is 232 g/mol. The summed E-state index contributed by atoms with van der Waals surface area (Å²) in [7, 11) is 0. The maximum atomic E-state index is 12.8. The molecule has 0 saturated carbocycles. The summed E-state index contributed by atoms with van der Waals surface area (Å²) in [5, 5.41) is 17.9. The number of nitrogens with zero attached hydrogens (tertiary/aromatic N) is 1. The Balaban J connectivity index is 3.17. The van der Waals surface area contributed by atoms with Gasteiger partial charge in [0.15, 0.2) is 5.60 Å². The quantitative estimate of drug-likeness (QED) is 0.587. The first kappa shape index (κ1) is 12.1. The van der Waals surface area contributed by atoms with Crippen molar-refractivity contribution in [3.63, 3.8) is 0 Å². The van der Waals surface area contributed by atoms with E-state index >= 15 is 0 Å². The van der Waals surface area contributed by atoms with E-state index < -0.39 is 35.2 Å². The molecule has 0 aliphatic carbocycles. The van der Waals surface area contributed by atoms with Crippen molar-refractivity contribution in [2.24, 2.45) is 0 Å². The average Bonchev–Trinajstić information content (AvgIpc) is 2.13. The normalized spacial score (nSPS) is 14.4. The van der Waals surface area contributed by atoms with Crippen molar-refractivity contribution < 1.29 is 19.4 Å². The lowest BCUT2D eigenvalue weighted by molar-refractivity contribution is -0.158. The number of hydrogen-bond donors (Lipinski definition) is 3. The molecule has 0 aliphatic heterocycles. The van der Waals surface area contributed by atoms with Gasteiger partial charge in [-0.25, -0.2) is 9.59 Å². The van der Waals surface area contributed by atoms with Gasteiger partial charge < -0.3 is 10.2 Å². The summed E-state index contributed by atoms with van der Waals surface area (Å²) in [5.74, 6) is -2.80. The fourth-order valence-electron chi connectivity index (χ4n) is 0.999. The van der Waals surface area contributed by atoms with Gasteiger partial charge in [0.2, 0.25) is 5.82 Å². The van der Waals surface area contributed by atoms with Crippen LogP contribution in [0.25, 0.3) is 0 Å². The highest BCUT2D eigenvalue weighted by molar-refractivity contribution is 5.76. The zero-order valence-corrected chi connectivity index (χ0v) is 8.23. The van der Waals surface area contributed by atoms with Crippen LogP contribution in [0.1, 0.15) is 6.92 Å². The molecule has 1 unspecified atom stereocenters. The Hall–Kier alpha value is -1.96. The van der Waals surface area contributed by atoms with Crippen LogP contribution in [-0.2, 0) is 11.3 Å². The van der Waals surface area contributed by atoms with Gasteiger partial charge >= 0.3 is 11.7 Å². The summed E-state index contributed by atoms with van der Waals surface area (Å²) in [6.45, 7) is 0.277. The number of aliphatic hydroxyl groups is 1. The van der Waals surface area contributed by atoms with E-state index in [1.54, 1.807) is 4.98 Å². The smallest absolute Gasteiger partial charge is 0.337 e. The van der Waals surface area contributed by atoms with Crippen LogP contribution < -0.4 is 11.2 Å². The predicted octanol–water partition coefficient (Wildman–Crippen LogP) is -1.49. The molecule has 0 aromatic carbocycles. The Bertz CT molecular complexity index is 530. The summed E-state index contributed by atoms with van der Waals surface area (Å²) in [6.07, 6.45) is 0.540. The van der Waals surface area contributed by atoms with Gasteiger partial charge in [0.1, 0.15) is 0 Å². The number of carboxylic acid groups (broad SMARTS) is 1. The van der Waals surface area contributed by atoms with E-state index in [4.69, 9.17) is 5.11 Å². The van der Waals surface area contributed by atoms with Crippen LogP contribution in [0.15, 0.2) is 15.8 Å². The second-order valence-electron chi connectivity index (χ2n) is 3.44. The molecule has 0 bridgehead atoms. The standard InChI is InChI=1S/C8H9FN2O5/c1-8(16,6(13)14)3-11-2-4(9)5(12)10-7(11)15/h2,16H,3H2,1H3,(H,13,14)(H,10,12,15). The van der Waals surface area contributed by atoms with E-state index in [2.05, 4.69) is 0 Å². The Morgan fingerprint density at radius 2 is 2.19 bits per heavy atom. The minimum Gasteiger partial charge on any atom is -0.479 e. The highest BCUT2D eigenvalue weighted by Gasteiger charge is 2.31. The van der Waals surface area contributed by atoms with E-state index in [9.17, 15) is 23.9 Å². The molecule has 0 amide bonds. The number of H-pyrrole nitrogens is 1. The molecule has 0 fully saturated rings. The molecule has 0 aliphatic rings. The summed E-state index contributed by atoms with van der Waals surface area (Å²) in [4.78, 5) is 34.0. The molecule has 88 valence electrons. The van der Waals surface area contributed by atoms with Crippen LogP contribution in [0.2, 0.25) is 0 Å². The van der Waals surface area contributed by atoms with E-state index in [-0.39, 0.29) is 0 Å². The third kappa shape index (κ3) is 2.34. The first-order valence-corrected chi connectivity index (χ1v) is 4.19. The lowest BCUT2D eigenvalue weighted by Crippen LogP contribution is -2.44. The topological polar surface area (TPSA) is 112 Å². The Morgan fingerprint density at radius 3 is 2.69 bits per heavy atom. The summed E-state index contributed by atoms with van der Waals surface area (Å²) in [5.41, 5.74) is -4.42. The third-order valence-electron chi connectivity index (χ3n) is 1.91. The Kier molecular flexibility index (Phi) is 2.95. The van der Waals surface area contributed by atoms with Gasteiger partial charge in [-0.05, 0) is 6.92 Å². The summed E-state index contributed by atoms with van der Waals surface area (Å²) in [6, 6.07) is 0. The first-order valence-electron chi connectivity index (χ1n) is 4.19. The minimum atomic E-state index is -2.23. The van der Waals surface area contributed by atoms with Crippen molar-refractivity contribution in [2.45, 2.75) is 19.1 Å². The van der Waals surface area contributed by atoms with Crippen molar-refractivity contribution in [3.05, 3.63) is 32.9 Å². The number of rotatable bonds is 3. The van der Waals surface area contributed by atoms with Gasteiger partial charge in [-0.2, -0.15) is 4.39 Å². The van der Waals surface area contributed by atoms with Crippen LogP contribution in [0.3, 0.4) is 0 Å². The van der Waals surface area contributed by atoms with Crippen molar-refractivity contribution >= 4 is 5.97 Å². The molecule has 1 aromatic rings. The molecule has 1 atom stereocenters. The third-order valence-corrected chi connectivity index (χ3v) is 1.91. The number of halogens is 1. The van der Waals surface area contributed by atoms with Gasteiger partial charge in [0.05, 0.1) is 12.7 Å². The number of carboxylic acids is 1. The SMILES string of the molecule is CC(O)(Cn1cc(F)c(=O)[nH]c1=O)C(=O)O. The van der Waals surface area contributed by atoms with E-state index in [0.29, 0.717) is 10.8 Å². The molecule has 8 heteroatoms. The molecular weight excluding hydrogens is 223 g/mol. The van der Waals surface area contributed by atoms with E-state index in [1.165, 1.54) is 0 Å².